The summed E-state index contributed by atoms with van der Waals surface area (Å²) in [5.41, 5.74) is 0.508. The van der Waals surface area contributed by atoms with Gasteiger partial charge in [0.25, 0.3) is 0 Å². The van der Waals surface area contributed by atoms with Crippen LogP contribution in [0.1, 0.15) is 23.7 Å². The van der Waals surface area contributed by atoms with Crippen LogP contribution in [0.15, 0.2) is 24.5 Å². The molecule has 1 atom stereocenters. The fraction of sp³-hybridized carbons (Fsp3) is 0.300. The third-order valence-electron chi connectivity index (χ3n) is 1.92. The Balaban J connectivity index is 2.64. The first kappa shape index (κ1) is 10.4. The van der Waals surface area contributed by atoms with E-state index in [-0.39, 0.29) is 12.2 Å². The molecule has 0 aliphatic carbocycles. The van der Waals surface area contributed by atoms with E-state index in [1.165, 1.54) is 19.3 Å². The van der Waals surface area contributed by atoms with E-state index in [4.69, 9.17) is 5.11 Å². The molecule has 74 valence electrons. The van der Waals surface area contributed by atoms with Gasteiger partial charge in [-0.25, -0.2) is 0 Å². The van der Waals surface area contributed by atoms with Crippen molar-refractivity contribution in [1.82, 2.24) is 4.98 Å². The lowest BCUT2D eigenvalue weighted by Gasteiger charge is -2.04. The Morgan fingerprint density at radius 2 is 2.00 bits per heavy atom. The first-order valence-corrected chi connectivity index (χ1v) is 4.27. The lowest BCUT2D eigenvalue weighted by atomic mass is 10.0. The first-order valence-electron chi connectivity index (χ1n) is 4.27. The largest absolute Gasteiger partial charge is 0.481 e. The van der Waals surface area contributed by atoms with Crippen LogP contribution in [0, 0.1) is 5.92 Å². The highest BCUT2D eigenvalue weighted by atomic mass is 16.4. The van der Waals surface area contributed by atoms with E-state index in [0.717, 1.165) is 0 Å². The number of carboxylic acid groups (broad SMARTS) is 1. The van der Waals surface area contributed by atoms with Crippen LogP contribution in [0.2, 0.25) is 0 Å². The van der Waals surface area contributed by atoms with Crippen molar-refractivity contribution in [1.29, 1.82) is 0 Å². The van der Waals surface area contributed by atoms with Crippen molar-refractivity contribution in [2.75, 3.05) is 0 Å². The van der Waals surface area contributed by atoms with Crippen molar-refractivity contribution in [2.24, 2.45) is 5.92 Å². The summed E-state index contributed by atoms with van der Waals surface area (Å²) in [7, 11) is 0. The minimum atomic E-state index is -0.951. The molecular formula is C10H11NO3. The standard InChI is InChI=1S/C10H11NO3/c1-7(10(13)14)6-9(12)8-2-4-11-5-3-8/h2-5,7H,6H2,1H3,(H,13,14). The second kappa shape index (κ2) is 4.50. The molecule has 4 heteroatoms. The maximum Gasteiger partial charge on any atom is 0.306 e. The van der Waals surface area contributed by atoms with Gasteiger partial charge in [-0.15, -0.1) is 0 Å². The quantitative estimate of drug-likeness (QED) is 0.733. The molecule has 1 rings (SSSR count). The molecule has 0 aliphatic rings. The molecular weight excluding hydrogens is 182 g/mol. The van der Waals surface area contributed by atoms with Gasteiger partial charge in [0.05, 0.1) is 5.92 Å². The summed E-state index contributed by atoms with van der Waals surface area (Å²) in [4.78, 5) is 25.7. The zero-order chi connectivity index (χ0) is 10.6. The molecule has 1 heterocycles. The molecule has 0 saturated carbocycles. The van der Waals surface area contributed by atoms with Crippen molar-refractivity contribution >= 4 is 11.8 Å². The van der Waals surface area contributed by atoms with Crippen molar-refractivity contribution in [2.45, 2.75) is 13.3 Å². The highest BCUT2D eigenvalue weighted by molar-refractivity contribution is 5.97. The molecule has 0 bridgehead atoms. The predicted molar refractivity (Wildman–Crippen MR) is 50.0 cm³/mol. The van der Waals surface area contributed by atoms with Crippen LogP contribution in [0.25, 0.3) is 0 Å². The van der Waals surface area contributed by atoms with E-state index < -0.39 is 11.9 Å². The Kier molecular flexibility index (Phi) is 3.34. The van der Waals surface area contributed by atoms with Gasteiger partial charge in [0.1, 0.15) is 0 Å². The van der Waals surface area contributed by atoms with Crippen LogP contribution in [0.4, 0.5) is 0 Å². The third-order valence-corrected chi connectivity index (χ3v) is 1.92. The number of hydrogen-bond acceptors (Lipinski definition) is 3. The number of pyridine rings is 1. The number of nitrogens with zero attached hydrogens (tertiary/aromatic N) is 1. The molecule has 4 nitrogen and oxygen atoms in total. The topological polar surface area (TPSA) is 67.3 Å². The predicted octanol–water partition coefficient (Wildman–Crippen LogP) is 1.38. The highest BCUT2D eigenvalue weighted by Gasteiger charge is 2.16. The summed E-state index contributed by atoms with van der Waals surface area (Å²) in [6.07, 6.45) is 3.05. The second-order valence-electron chi connectivity index (χ2n) is 3.10. The molecule has 0 spiro atoms. The smallest absolute Gasteiger partial charge is 0.306 e. The van der Waals surface area contributed by atoms with Crippen molar-refractivity contribution < 1.29 is 14.7 Å². The number of aliphatic carboxylic acids is 1. The fourth-order valence-electron chi connectivity index (χ4n) is 1.02. The molecule has 14 heavy (non-hydrogen) atoms. The van der Waals surface area contributed by atoms with Crippen LogP contribution in [0.5, 0.6) is 0 Å². The van der Waals surface area contributed by atoms with Gasteiger partial charge in [-0.3, -0.25) is 14.6 Å². The maximum atomic E-state index is 11.5. The molecule has 0 saturated heterocycles. The van der Waals surface area contributed by atoms with Gasteiger partial charge in [-0.05, 0) is 12.1 Å². The summed E-state index contributed by atoms with van der Waals surface area (Å²) in [6.45, 7) is 1.52. The summed E-state index contributed by atoms with van der Waals surface area (Å²) in [6, 6.07) is 3.16. The van der Waals surface area contributed by atoms with Gasteiger partial charge in [0.2, 0.25) is 0 Å². The lowest BCUT2D eigenvalue weighted by molar-refractivity contribution is -0.141. The van der Waals surface area contributed by atoms with Crippen molar-refractivity contribution in [3.05, 3.63) is 30.1 Å². The molecule has 1 aromatic heterocycles. The fourth-order valence-corrected chi connectivity index (χ4v) is 1.02. The van der Waals surface area contributed by atoms with Gasteiger partial charge in [-0.2, -0.15) is 0 Å². The average Bonchev–Trinajstić information content (AvgIpc) is 2.19. The lowest BCUT2D eigenvalue weighted by Crippen LogP contribution is -2.14. The maximum absolute atomic E-state index is 11.5. The van der Waals surface area contributed by atoms with Gasteiger partial charge in [0, 0.05) is 24.4 Å². The molecule has 1 N–H and O–H groups in total. The Labute approximate surface area is 81.6 Å². The van der Waals surface area contributed by atoms with E-state index in [2.05, 4.69) is 4.98 Å². The zero-order valence-electron chi connectivity index (χ0n) is 7.80. The number of carboxylic acids is 1. The SMILES string of the molecule is CC(CC(=O)c1ccncc1)C(=O)O. The molecule has 0 amide bonds. The summed E-state index contributed by atoms with van der Waals surface area (Å²) in [5, 5.41) is 8.61. The molecule has 0 aliphatic heterocycles. The summed E-state index contributed by atoms with van der Waals surface area (Å²) < 4.78 is 0. The Morgan fingerprint density at radius 1 is 1.43 bits per heavy atom. The van der Waals surface area contributed by atoms with Crippen LogP contribution in [-0.4, -0.2) is 21.8 Å². The van der Waals surface area contributed by atoms with E-state index in [1.54, 1.807) is 12.1 Å². The average molecular weight is 193 g/mol. The minimum absolute atomic E-state index is 0.0271. The Bertz CT molecular complexity index is 334. The van der Waals surface area contributed by atoms with Crippen molar-refractivity contribution in [3.63, 3.8) is 0 Å². The number of hydrogen-bond donors (Lipinski definition) is 1. The van der Waals surface area contributed by atoms with Gasteiger partial charge < -0.3 is 5.11 Å². The Morgan fingerprint density at radius 3 is 2.50 bits per heavy atom. The molecule has 0 radical (unpaired) electrons. The Hall–Kier alpha value is -1.71. The minimum Gasteiger partial charge on any atom is -0.481 e. The number of aromatic nitrogens is 1. The van der Waals surface area contributed by atoms with Gasteiger partial charge in [0.15, 0.2) is 5.78 Å². The normalized spacial score (nSPS) is 12.1. The number of carbonyl (C=O) groups is 2. The van der Waals surface area contributed by atoms with Gasteiger partial charge in [-0.1, -0.05) is 6.92 Å². The number of Topliss-reactive ketones (excluding diaryl/α,β-unsaturated/α-hetero) is 1. The van der Waals surface area contributed by atoms with E-state index in [1.807, 2.05) is 0 Å². The second-order valence-corrected chi connectivity index (χ2v) is 3.10. The molecule has 1 unspecified atom stereocenters. The number of ketones is 1. The van der Waals surface area contributed by atoms with Crippen molar-refractivity contribution in [3.8, 4) is 0 Å². The third kappa shape index (κ3) is 2.65. The molecule has 0 aromatic carbocycles. The molecule has 0 fully saturated rings. The summed E-state index contributed by atoms with van der Waals surface area (Å²) in [5.74, 6) is -1.76. The van der Waals surface area contributed by atoms with E-state index in [9.17, 15) is 9.59 Å². The molecule has 1 aromatic rings. The van der Waals surface area contributed by atoms with E-state index >= 15 is 0 Å². The van der Waals surface area contributed by atoms with Crippen LogP contribution in [0.3, 0.4) is 0 Å². The monoisotopic (exact) mass is 193 g/mol. The van der Waals surface area contributed by atoms with Crippen LogP contribution < -0.4 is 0 Å². The zero-order valence-corrected chi connectivity index (χ0v) is 7.80. The van der Waals surface area contributed by atoms with Crippen LogP contribution >= 0.6 is 0 Å². The van der Waals surface area contributed by atoms with Crippen LogP contribution in [-0.2, 0) is 4.79 Å². The van der Waals surface area contributed by atoms with Gasteiger partial charge >= 0.3 is 5.97 Å². The number of carbonyl (C=O) groups excluding carboxylic acids is 1. The number of rotatable bonds is 4. The first-order chi connectivity index (χ1) is 6.61. The summed E-state index contributed by atoms with van der Waals surface area (Å²) >= 11 is 0. The highest BCUT2D eigenvalue weighted by Crippen LogP contribution is 2.08. The van der Waals surface area contributed by atoms with E-state index in [0.29, 0.717) is 5.56 Å².